The second kappa shape index (κ2) is 6.95. The first-order valence-corrected chi connectivity index (χ1v) is 8.59. The van der Waals surface area contributed by atoms with Crippen molar-refractivity contribution in [2.24, 2.45) is 5.92 Å². The molecule has 1 saturated carbocycles. The Kier molecular flexibility index (Phi) is 4.74. The lowest BCUT2D eigenvalue weighted by Gasteiger charge is -2.26. The van der Waals surface area contributed by atoms with E-state index in [0.717, 1.165) is 5.92 Å². The third kappa shape index (κ3) is 3.70. The summed E-state index contributed by atoms with van der Waals surface area (Å²) in [5.74, 6) is 1.30. The van der Waals surface area contributed by atoms with Gasteiger partial charge in [-0.1, -0.05) is 31.9 Å². The monoisotopic (exact) mass is 323 g/mol. The molecule has 0 aliphatic heterocycles. The van der Waals surface area contributed by atoms with Crippen LogP contribution in [0, 0.1) is 5.92 Å². The van der Waals surface area contributed by atoms with Gasteiger partial charge in [0, 0.05) is 11.3 Å². The molecule has 0 unspecified atom stereocenters. The van der Waals surface area contributed by atoms with Crippen LogP contribution in [0.4, 0.5) is 17.1 Å². The molecule has 0 saturated heterocycles. The molecule has 0 heterocycles. The number of nitrogens with two attached hydrogens (primary N) is 2. The molecule has 126 valence electrons. The maximum atomic E-state index is 12.4. The Morgan fingerprint density at radius 2 is 1.67 bits per heavy atom. The van der Waals surface area contributed by atoms with Crippen LogP contribution in [-0.4, -0.2) is 5.91 Å². The number of carbonyl (C=O) groups excluding carboxylic acids is 1. The van der Waals surface area contributed by atoms with E-state index in [-0.39, 0.29) is 5.91 Å². The van der Waals surface area contributed by atoms with Crippen LogP contribution >= 0.6 is 0 Å². The normalized spacial score (nSPS) is 20.5. The van der Waals surface area contributed by atoms with Gasteiger partial charge in [0.25, 0.3) is 5.91 Å². The fourth-order valence-corrected chi connectivity index (χ4v) is 3.38. The van der Waals surface area contributed by atoms with Gasteiger partial charge in [-0.05, 0) is 60.6 Å². The van der Waals surface area contributed by atoms with Crippen LogP contribution in [0.3, 0.4) is 0 Å². The molecule has 0 spiro atoms. The summed E-state index contributed by atoms with van der Waals surface area (Å²) in [5.41, 5.74) is 15.2. The summed E-state index contributed by atoms with van der Waals surface area (Å²) < 4.78 is 0. The van der Waals surface area contributed by atoms with Crippen LogP contribution in [0.15, 0.2) is 42.5 Å². The van der Waals surface area contributed by atoms with Crippen LogP contribution in [0.25, 0.3) is 0 Å². The van der Waals surface area contributed by atoms with Gasteiger partial charge >= 0.3 is 0 Å². The van der Waals surface area contributed by atoms with Crippen LogP contribution in [0.5, 0.6) is 0 Å². The summed E-state index contributed by atoms with van der Waals surface area (Å²) in [6, 6.07) is 13.0. The minimum atomic E-state index is -0.170. The molecular formula is C20H25N3O. The van der Waals surface area contributed by atoms with Gasteiger partial charge in [0.2, 0.25) is 0 Å². The van der Waals surface area contributed by atoms with Crippen molar-refractivity contribution in [2.75, 3.05) is 16.8 Å². The number of amides is 1. The highest BCUT2D eigenvalue weighted by atomic mass is 16.1. The van der Waals surface area contributed by atoms with Crippen LogP contribution < -0.4 is 16.8 Å². The molecule has 3 rings (SSSR count). The number of benzene rings is 2. The van der Waals surface area contributed by atoms with Crippen molar-refractivity contribution < 1.29 is 4.79 Å². The van der Waals surface area contributed by atoms with Gasteiger partial charge in [-0.3, -0.25) is 4.79 Å². The van der Waals surface area contributed by atoms with Crippen molar-refractivity contribution in [3.63, 3.8) is 0 Å². The van der Waals surface area contributed by atoms with E-state index in [2.05, 4.69) is 24.4 Å². The number of hydrogen-bond donors (Lipinski definition) is 3. The second-order valence-corrected chi connectivity index (χ2v) is 6.88. The Labute approximate surface area is 143 Å². The van der Waals surface area contributed by atoms with E-state index in [4.69, 9.17) is 11.5 Å². The van der Waals surface area contributed by atoms with E-state index in [1.165, 1.54) is 31.2 Å². The van der Waals surface area contributed by atoms with Gasteiger partial charge in [0.15, 0.2) is 0 Å². The van der Waals surface area contributed by atoms with Gasteiger partial charge in [0.05, 0.1) is 11.4 Å². The molecule has 0 aromatic heterocycles. The molecule has 1 aliphatic carbocycles. The largest absolute Gasteiger partial charge is 0.399 e. The highest BCUT2D eigenvalue weighted by Crippen LogP contribution is 2.35. The third-order valence-electron chi connectivity index (χ3n) is 4.99. The zero-order chi connectivity index (χ0) is 17.1. The summed E-state index contributed by atoms with van der Waals surface area (Å²) in [4.78, 5) is 12.4. The Morgan fingerprint density at radius 3 is 2.33 bits per heavy atom. The van der Waals surface area contributed by atoms with Gasteiger partial charge < -0.3 is 16.8 Å². The van der Waals surface area contributed by atoms with E-state index in [1.54, 1.807) is 18.2 Å². The molecule has 1 amide bonds. The first-order chi connectivity index (χ1) is 11.5. The average Bonchev–Trinajstić information content (AvgIpc) is 2.59. The summed E-state index contributed by atoms with van der Waals surface area (Å²) >= 11 is 0. The maximum absolute atomic E-state index is 12.4. The summed E-state index contributed by atoms with van der Waals surface area (Å²) in [7, 11) is 0. The number of anilines is 3. The topological polar surface area (TPSA) is 81.1 Å². The molecule has 5 N–H and O–H groups in total. The first-order valence-electron chi connectivity index (χ1n) is 8.59. The SMILES string of the molecule is CC1CCC(c2ccc(C(=O)Nc3cc(N)ccc3N)cc2)CC1. The molecule has 0 bridgehead atoms. The van der Waals surface area contributed by atoms with Crippen LogP contribution in [0.1, 0.15) is 54.4 Å². The number of nitrogens with one attached hydrogen (secondary N) is 1. The maximum Gasteiger partial charge on any atom is 0.255 e. The van der Waals surface area contributed by atoms with E-state index in [0.29, 0.717) is 28.5 Å². The lowest BCUT2D eigenvalue weighted by Crippen LogP contribution is -2.14. The number of hydrogen-bond acceptors (Lipinski definition) is 3. The highest BCUT2D eigenvalue weighted by molar-refractivity contribution is 6.06. The van der Waals surface area contributed by atoms with Crippen molar-refractivity contribution in [3.8, 4) is 0 Å². The smallest absolute Gasteiger partial charge is 0.255 e. The molecule has 4 nitrogen and oxygen atoms in total. The predicted octanol–water partition coefficient (Wildman–Crippen LogP) is 4.40. The first kappa shape index (κ1) is 16.4. The van der Waals surface area contributed by atoms with Gasteiger partial charge in [-0.2, -0.15) is 0 Å². The molecule has 24 heavy (non-hydrogen) atoms. The van der Waals surface area contributed by atoms with Gasteiger partial charge in [-0.15, -0.1) is 0 Å². The Morgan fingerprint density at radius 1 is 1.00 bits per heavy atom. The number of rotatable bonds is 3. The Hall–Kier alpha value is -2.49. The van der Waals surface area contributed by atoms with Crippen LogP contribution in [-0.2, 0) is 0 Å². The van der Waals surface area contributed by atoms with Crippen LogP contribution in [0.2, 0.25) is 0 Å². The average molecular weight is 323 g/mol. The summed E-state index contributed by atoms with van der Waals surface area (Å²) in [6.45, 7) is 2.33. The minimum Gasteiger partial charge on any atom is -0.399 e. The quantitative estimate of drug-likeness (QED) is 0.732. The van der Waals surface area contributed by atoms with Gasteiger partial charge in [0.1, 0.15) is 0 Å². The zero-order valence-electron chi connectivity index (χ0n) is 14.1. The minimum absolute atomic E-state index is 0.170. The van der Waals surface area contributed by atoms with E-state index < -0.39 is 0 Å². The van der Waals surface area contributed by atoms with Crippen molar-refractivity contribution in [3.05, 3.63) is 53.6 Å². The standard InChI is InChI=1S/C20H25N3O/c1-13-2-4-14(5-3-13)15-6-8-16(9-7-15)20(24)23-19-12-17(21)10-11-18(19)22/h6-14H,2-5,21-22H2,1H3,(H,23,24). The summed E-state index contributed by atoms with van der Waals surface area (Å²) in [6.07, 6.45) is 5.07. The summed E-state index contributed by atoms with van der Waals surface area (Å²) in [5, 5.41) is 2.83. The molecular weight excluding hydrogens is 298 g/mol. The second-order valence-electron chi connectivity index (χ2n) is 6.88. The van der Waals surface area contributed by atoms with Crippen molar-refractivity contribution in [2.45, 2.75) is 38.5 Å². The van der Waals surface area contributed by atoms with E-state index in [1.807, 2.05) is 12.1 Å². The molecule has 4 heteroatoms. The van der Waals surface area contributed by atoms with Crippen molar-refractivity contribution >= 4 is 23.0 Å². The Bertz CT molecular complexity index is 716. The molecule has 1 aliphatic rings. The Balaban J connectivity index is 1.68. The molecule has 2 aromatic carbocycles. The number of nitrogen functional groups attached to an aromatic ring is 2. The lowest BCUT2D eigenvalue weighted by molar-refractivity contribution is 0.102. The molecule has 0 radical (unpaired) electrons. The highest BCUT2D eigenvalue weighted by Gasteiger charge is 2.20. The zero-order valence-corrected chi connectivity index (χ0v) is 14.1. The number of carbonyl (C=O) groups is 1. The van der Waals surface area contributed by atoms with Crippen molar-refractivity contribution in [1.29, 1.82) is 0 Å². The molecule has 2 aromatic rings. The van der Waals surface area contributed by atoms with Gasteiger partial charge in [-0.25, -0.2) is 0 Å². The van der Waals surface area contributed by atoms with E-state index in [9.17, 15) is 4.79 Å². The fraction of sp³-hybridized carbons (Fsp3) is 0.350. The fourth-order valence-electron chi connectivity index (χ4n) is 3.38. The van der Waals surface area contributed by atoms with Crippen molar-refractivity contribution in [1.82, 2.24) is 0 Å². The predicted molar refractivity (Wildman–Crippen MR) is 100 cm³/mol. The third-order valence-corrected chi connectivity index (χ3v) is 4.99. The lowest BCUT2D eigenvalue weighted by atomic mass is 9.79. The van der Waals surface area contributed by atoms with E-state index >= 15 is 0 Å². The molecule has 0 atom stereocenters. The molecule has 1 fully saturated rings.